The largest absolute Gasteiger partial charge is 0.484 e. The standard InChI is InChI=1S/C22H19ClF2N2O5/c1-12(6-7-26-21(29)11-31-14-3-4-16(24)17(25)9-14)27-22(30)20-10-18(28)15-8-13(23)2-5-19(15)32-20/h2-5,8-9,20H,1,6-7,10-11H2,(H,26,29)(H,27,30)/t20-/m0/s1. The number of halogens is 3. The molecule has 2 N–H and O–H groups in total. The molecule has 0 bridgehead atoms. The maximum atomic E-state index is 13.1. The summed E-state index contributed by atoms with van der Waals surface area (Å²) in [5.74, 6) is -3.08. The predicted molar refractivity (Wildman–Crippen MR) is 112 cm³/mol. The van der Waals surface area contributed by atoms with Gasteiger partial charge in [-0.2, -0.15) is 0 Å². The first-order chi connectivity index (χ1) is 15.2. The van der Waals surface area contributed by atoms with Crippen LogP contribution < -0.4 is 20.1 Å². The molecule has 7 nitrogen and oxygen atoms in total. The Balaban J connectivity index is 1.39. The summed E-state index contributed by atoms with van der Waals surface area (Å²) in [7, 11) is 0. The van der Waals surface area contributed by atoms with E-state index in [0.29, 0.717) is 16.3 Å². The molecule has 0 aliphatic carbocycles. The number of carbonyl (C=O) groups is 3. The summed E-state index contributed by atoms with van der Waals surface area (Å²) in [6.45, 7) is 3.47. The Hall–Kier alpha value is -3.46. The molecule has 1 heterocycles. The van der Waals surface area contributed by atoms with Gasteiger partial charge in [-0.05, 0) is 30.3 Å². The summed E-state index contributed by atoms with van der Waals surface area (Å²) in [6, 6.07) is 7.52. The van der Waals surface area contributed by atoms with Gasteiger partial charge in [-0.3, -0.25) is 14.4 Å². The van der Waals surface area contributed by atoms with E-state index in [2.05, 4.69) is 17.2 Å². The minimum atomic E-state index is -1.08. The molecule has 0 unspecified atom stereocenters. The van der Waals surface area contributed by atoms with Gasteiger partial charge in [0.2, 0.25) is 0 Å². The van der Waals surface area contributed by atoms with Crippen molar-refractivity contribution in [3.8, 4) is 11.5 Å². The maximum Gasteiger partial charge on any atom is 0.265 e. The molecule has 1 aliphatic rings. The number of benzene rings is 2. The van der Waals surface area contributed by atoms with Crippen LogP contribution in [-0.2, 0) is 9.59 Å². The fraction of sp³-hybridized carbons (Fsp3) is 0.227. The number of rotatable bonds is 8. The highest BCUT2D eigenvalue weighted by atomic mass is 35.5. The number of carbonyl (C=O) groups excluding carboxylic acids is 3. The third-order valence-electron chi connectivity index (χ3n) is 4.48. The summed E-state index contributed by atoms with van der Waals surface area (Å²) >= 11 is 5.88. The van der Waals surface area contributed by atoms with E-state index >= 15 is 0 Å². The van der Waals surface area contributed by atoms with Gasteiger partial charge in [-0.15, -0.1) is 0 Å². The number of ether oxygens (including phenoxy) is 2. The number of amides is 2. The van der Waals surface area contributed by atoms with Crippen LogP contribution in [0.4, 0.5) is 8.78 Å². The third-order valence-corrected chi connectivity index (χ3v) is 4.72. The second kappa shape index (κ2) is 10.2. The van der Waals surface area contributed by atoms with Gasteiger partial charge in [0.05, 0.1) is 12.0 Å². The maximum absolute atomic E-state index is 13.1. The minimum absolute atomic E-state index is 0.0154. The van der Waals surface area contributed by atoms with Crippen molar-refractivity contribution in [3.05, 3.63) is 70.9 Å². The molecule has 10 heteroatoms. The minimum Gasteiger partial charge on any atom is -0.484 e. The fourth-order valence-corrected chi connectivity index (χ4v) is 3.05. The highest BCUT2D eigenvalue weighted by Gasteiger charge is 2.31. The zero-order valence-corrected chi connectivity index (χ0v) is 17.5. The molecule has 0 spiro atoms. The second-order valence-corrected chi connectivity index (χ2v) is 7.37. The lowest BCUT2D eigenvalue weighted by Gasteiger charge is -2.24. The molecule has 2 aromatic carbocycles. The Morgan fingerprint density at radius 3 is 2.72 bits per heavy atom. The molecule has 0 saturated carbocycles. The topological polar surface area (TPSA) is 93.7 Å². The van der Waals surface area contributed by atoms with Gasteiger partial charge in [0.1, 0.15) is 11.5 Å². The molecule has 2 amide bonds. The van der Waals surface area contributed by atoms with E-state index in [1.807, 2.05) is 0 Å². The van der Waals surface area contributed by atoms with Crippen molar-refractivity contribution in [2.45, 2.75) is 18.9 Å². The van der Waals surface area contributed by atoms with E-state index in [1.54, 1.807) is 6.07 Å². The fourth-order valence-electron chi connectivity index (χ4n) is 2.88. The Morgan fingerprint density at radius 2 is 1.97 bits per heavy atom. The highest BCUT2D eigenvalue weighted by Crippen LogP contribution is 2.30. The van der Waals surface area contributed by atoms with E-state index in [1.165, 1.54) is 18.2 Å². The number of hydrogen-bond donors (Lipinski definition) is 2. The van der Waals surface area contributed by atoms with Crippen LogP contribution >= 0.6 is 11.6 Å². The van der Waals surface area contributed by atoms with Crippen molar-refractivity contribution in [2.75, 3.05) is 13.2 Å². The van der Waals surface area contributed by atoms with Crippen molar-refractivity contribution in [1.29, 1.82) is 0 Å². The van der Waals surface area contributed by atoms with Crippen LogP contribution in [-0.4, -0.2) is 36.9 Å². The van der Waals surface area contributed by atoms with Crippen molar-refractivity contribution < 1.29 is 32.6 Å². The Bertz CT molecular complexity index is 1080. The van der Waals surface area contributed by atoms with Crippen LogP contribution in [0.2, 0.25) is 5.02 Å². The van der Waals surface area contributed by atoms with Crippen LogP contribution in [0.1, 0.15) is 23.2 Å². The van der Waals surface area contributed by atoms with Gasteiger partial charge in [-0.25, -0.2) is 8.78 Å². The molecule has 168 valence electrons. The number of ketones is 1. The second-order valence-electron chi connectivity index (χ2n) is 6.93. The van der Waals surface area contributed by atoms with Gasteiger partial charge >= 0.3 is 0 Å². The van der Waals surface area contributed by atoms with Gasteiger partial charge in [0, 0.05) is 29.8 Å². The highest BCUT2D eigenvalue weighted by molar-refractivity contribution is 6.31. The molecular weight excluding hydrogens is 446 g/mol. The quantitative estimate of drug-likeness (QED) is 0.626. The lowest BCUT2D eigenvalue weighted by Crippen LogP contribution is -2.42. The van der Waals surface area contributed by atoms with Crippen molar-refractivity contribution in [2.24, 2.45) is 0 Å². The van der Waals surface area contributed by atoms with Crippen LogP contribution in [0.5, 0.6) is 11.5 Å². The van der Waals surface area contributed by atoms with E-state index in [4.69, 9.17) is 21.1 Å². The molecule has 0 saturated heterocycles. The SMILES string of the molecule is C=C(CCNC(=O)COc1ccc(F)c(F)c1)NC(=O)[C@@H]1CC(=O)c2cc(Cl)ccc2O1. The number of Topliss-reactive ketones (excluding diaryl/α,β-unsaturated/α-hetero) is 1. The summed E-state index contributed by atoms with van der Waals surface area (Å²) in [6.07, 6.45) is -0.924. The lowest BCUT2D eigenvalue weighted by molar-refractivity contribution is -0.127. The van der Waals surface area contributed by atoms with Crippen LogP contribution in [0.3, 0.4) is 0 Å². The zero-order valence-electron chi connectivity index (χ0n) is 16.8. The molecular formula is C22H19ClF2N2O5. The molecule has 0 fully saturated rings. The average molecular weight is 465 g/mol. The van der Waals surface area contributed by atoms with E-state index < -0.39 is 36.2 Å². The van der Waals surface area contributed by atoms with E-state index in [0.717, 1.165) is 12.1 Å². The van der Waals surface area contributed by atoms with Gasteiger partial charge in [-0.1, -0.05) is 18.2 Å². The molecule has 0 radical (unpaired) electrons. The van der Waals surface area contributed by atoms with Crippen LogP contribution in [0.15, 0.2) is 48.7 Å². The summed E-state index contributed by atoms with van der Waals surface area (Å²) in [5.41, 5.74) is 0.642. The summed E-state index contributed by atoms with van der Waals surface area (Å²) in [5, 5.41) is 5.50. The summed E-state index contributed by atoms with van der Waals surface area (Å²) in [4.78, 5) is 36.5. The molecule has 0 aromatic heterocycles. The van der Waals surface area contributed by atoms with Gasteiger partial charge in [0.25, 0.3) is 11.8 Å². The van der Waals surface area contributed by atoms with Crippen molar-refractivity contribution in [1.82, 2.24) is 10.6 Å². The van der Waals surface area contributed by atoms with Crippen molar-refractivity contribution >= 4 is 29.2 Å². The third kappa shape index (κ3) is 6.04. The Morgan fingerprint density at radius 1 is 1.19 bits per heavy atom. The smallest absolute Gasteiger partial charge is 0.265 e. The zero-order chi connectivity index (χ0) is 23.3. The number of hydrogen-bond acceptors (Lipinski definition) is 5. The Labute approximate surface area is 187 Å². The van der Waals surface area contributed by atoms with E-state index in [-0.39, 0.29) is 36.7 Å². The molecule has 2 aromatic rings. The predicted octanol–water partition coefficient (Wildman–Crippen LogP) is 3.17. The van der Waals surface area contributed by atoms with Crippen LogP contribution in [0, 0.1) is 11.6 Å². The monoisotopic (exact) mass is 464 g/mol. The first kappa shape index (κ1) is 23.2. The van der Waals surface area contributed by atoms with Gasteiger partial charge < -0.3 is 20.1 Å². The first-order valence-corrected chi connectivity index (χ1v) is 9.93. The average Bonchev–Trinajstić information content (AvgIpc) is 2.75. The molecule has 1 atom stereocenters. The van der Waals surface area contributed by atoms with E-state index in [9.17, 15) is 23.2 Å². The van der Waals surface area contributed by atoms with Crippen molar-refractivity contribution in [3.63, 3.8) is 0 Å². The molecule has 32 heavy (non-hydrogen) atoms. The lowest BCUT2D eigenvalue weighted by atomic mass is 10.0. The van der Waals surface area contributed by atoms with Crippen LogP contribution in [0.25, 0.3) is 0 Å². The Kier molecular flexibility index (Phi) is 7.42. The molecule has 3 rings (SSSR count). The molecule has 1 aliphatic heterocycles. The number of fused-ring (bicyclic) bond motifs is 1. The summed E-state index contributed by atoms with van der Waals surface area (Å²) < 4.78 is 36.6. The number of nitrogens with one attached hydrogen (secondary N) is 2. The van der Waals surface area contributed by atoms with Gasteiger partial charge in [0.15, 0.2) is 30.1 Å². The normalized spacial score (nSPS) is 14.7. The first-order valence-electron chi connectivity index (χ1n) is 9.55.